The van der Waals surface area contributed by atoms with Crippen molar-refractivity contribution < 1.29 is 27.5 Å². The van der Waals surface area contributed by atoms with Crippen LogP contribution in [0, 0.1) is 0 Å². The topological polar surface area (TPSA) is 105 Å². The summed E-state index contributed by atoms with van der Waals surface area (Å²) in [5.41, 5.74) is 1.30. The van der Waals surface area contributed by atoms with Crippen molar-refractivity contribution in [1.29, 1.82) is 0 Å². The minimum atomic E-state index is -4.21. The molecule has 0 fully saturated rings. The number of ether oxygens (including phenoxy) is 2. The maximum atomic E-state index is 13.9. The van der Waals surface area contributed by atoms with E-state index in [2.05, 4.69) is 5.32 Å². The zero-order valence-electron chi connectivity index (χ0n) is 22.0. The standard InChI is InChI=1S/C28H33N3O6S/c1-21(28(33)29-2)30(18-17-22-11-7-5-8-12-22)27(32)20-31(23-13-9-6-10-14-23)38(34,35)24-15-16-25(36-3)26(19-24)37-4/h5-16,19,21H,17-18,20H2,1-4H3,(H,29,33). The van der Waals surface area contributed by atoms with Gasteiger partial charge in [-0.2, -0.15) is 0 Å². The number of nitrogens with one attached hydrogen (secondary N) is 1. The molecular formula is C28H33N3O6S. The highest BCUT2D eigenvalue weighted by atomic mass is 32.2. The molecule has 0 aliphatic rings. The fraction of sp³-hybridized carbons (Fsp3) is 0.286. The molecule has 0 heterocycles. The summed E-state index contributed by atoms with van der Waals surface area (Å²) in [6.07, 6.45) is 0.502. The second kappa shape index (κ2) is 13.0. The van der Waals surface area contributed by atoms with Crippen LogP contribution in [0.3, 0.4) is 0 Å². The van der Waals surface area contributed by atoms with Crippen molar-refractivity contribution in [2.24, 2.45) is 0 Å². The van der Waals surface area contributed by atoms with Crippen LogP contribution in [0.15, 0.2) is 83.8 Å². The highest BCUT2D eigenvalue weighted by Crippen LogP contribution is 2.32. The summed E-state index contributed by atoms with van der Waals surface area (Å²) in [5.74, 6) is -0.240. The van der Waals surface area contributed by atoms with E-state index in [-0.39, 0.29) is 23.1 Å². The highest BCUT2D eigenvalue weighted by Gasteiger charge is 2.32. The van der Waals surface area contributed by atoms with E-state index < -0.39 is 28.5 Å². The van der Waals surface area contributed by atoms with Gasteiger partial charge in [0.1, 0.15) is 12.6 Å². The largest absolute Gasteiger partial charge is 0.493 e. The SMILES string of the molecule is CNC(=O)C(C)N(CCc1ccccc1)C(=O)CN(c1ccccc1)S(=O)(=O)c1ccc(OC)c(OC)c1. The third-order valence-corrected chi connectivity index (χ3v) is 7.93. The molecule has 0 spiro atoms. The number of methoxy groups -OCH3 is 2. The smallest absolute Gasteiger partial charge is 0.264 e. The Hall–Kier alpha value is -4.05. The molecule has 3 aromatic carbocycles. The van der Waals surface area contributed by atoms with Gasteiger partial charge in [0.15, 0.2) is 11.5 Å². The molecule has 10 heteroatoms. The predicted molar refractivity (Wildman–Crippen MR) is 146 cm³/mol. The molecule has 0 aromatic heterocycles. The number of para-hydroxylation sites is 1. The lowest BCUT2D eigenvalue weighted by Crippen LogP contribution is -2.51. The van der Waals surface area contributed by atoms with Crippen molar-refractivity contribution in [3.05, 3.63) is 84.4 Å². The van der Waals surface area contributed by atoms with Crippen LogP contribution in [0.5, 0.6) is 11.5 Å². The van der Waals surface area contributed by atoms with E-state index in [0.29, 0.717) is 17.9 Å². The molecule has 0 radical (unpaired) electrons. The van der Waals surface area contributed by atoms with Crippen molar-refractivity contribution in [1.82, 2.24) is 10.2 Å². The molecule has 1 N–H and O–H groups in total. The van der Waals surface area contributed by atoms with Gasteiger partial charge in [-0.3, -0.25) is 13.9 Å². The lowest BCUT2D eigenvalue weighted by Gasteiger charge is -2.31. The molecule has 1 unspecified atom stereocenters. The molecule has 0 aliphatic carbocycles. The highest BCUT2D eigenvalue weighted by molar-refractivity contribution is 7.92. The molecule has 38 heavy (non-hydrogen) atoms. The van der Waals surface area contributed by atoms with Crippen LogP contribution in [-0.2, 0) is 26.0 Å². The first-order chi connectivity index (χ1) is 18.2. The first-order valence-corrected chi connectivity index (χ1v) is 13.5. The summed E-state index contributed by atoms with van der Waals surface area (Å²) in [5, 5.41) is 2.57. The molecular weight excluding hydrogens is 506 g/mol. The van der Waals surface area contributed by atoms with Crippen LogP contribution in [0.25, 0.3) is 0 Å². The molecule has 0 bridgehead atoms. The molecule has 2 amide bonds. The van der Waals surface area contributed by atoms with Gasteiger partial charge in [0, 0.05) is 19.7 Å². The van der Waals surface area contributed by atoms with Crippen molar-refractivity contribution >= 4 is 27.5 Å². The first kappa shape index (κ1) is 28.5. The molecule has 0 saturated carbocycles. The van der Waals surface area contributed by atoms with E-state index in [0.717, 1.165) is 9.87 Å². The van der Waals surface area contributed by atoms with E-state index in [1.165, 1.54) is 44.4 Å². The quantitative estimate of drug-likeness (QED) is 0.379. The molecule has 202 valence electrons. The van der Waals surface area contributed by atoms with Crippen LogP contribution in [-0.4, -0.2) is 65.5 Å². The lowest BCUT2D eigenvalue weighted by atomic mass is 10.1. The van der Waals surface area contributed by atoms with E-state index in [1.54, 1.807) is 37.3 Å². The number of amides is 2. The van der Waals surface area contributed by atoms with Gasteiger partial charge in [-0.1, -0.05) is 48.5 Å². The van der Waals surface area contributed by atoms with Crippen LogP contribution in [0.4, 0.5) is 5.69 Å². The minimum absolute atomic E-state index is 0.0676. The summed E-state index contributed by atoms with van der Waals surface area (Å²) >= 11 is 0. The van der Waals surface area contributed by atoms with Gasteiger partial charge in [0.25, 0.3) is 10.0 Å². The van der Waals surface area contributed by atoms with Gasteiger partial charge in [-0.15, -0.1) is 0 Å². The Morgan fingerprint density at radius 1 is 0.895 bits per heavy atom. The number of carbonyl (C=O) groups is 2. The Morgan fingerprint density at radius 3 is 2.08 bits per heavy atom. The predicted octanol–water partition coefficient (Wildman–Crippen LogP) is 3.10. The van der Waals surface area contributed by atoms with Crippen LogP contribution in [0.2, 0.25) is 0 Å². The molecule has 1 atom stereocenters. The number of anilines is 1. The van der Waals surface area contributed by atoms with Crippen LogP contribution < -0.4 is 19.1 Å². The summed E-state index contributed by atoms with van der Waals surface area (Å²) in [6.45, 7) is 1.35. The Morgan fingerprint density at radius 2 is 1.50 bits per heavy atom. The molecule has 0 aliphatic heterocycles. The Labute approximate surface area is 224 Å². The van der Waals surface area contributed by atoms with Crippen LogP contribution >= 0.6 is 0 Å². The van der Waals surface area contributed by atoms with E-state index in [9.17, 15) is 18.0 Å². The maximum Gasteiger partial charge on any atom is 0.264 e. The van der Waals surface area contributed by atoms with Gasteiger partial charge in [0.2, 0.25) is 11.8 Å². The number of carbonyl (C=O) groups excluding carboxylic acids is 2. The van der Waals surface area contributed by atoms with E-state index >= 15 is 0 Å². The van der Waals surface area contributed by atoms with Gasteiger partial charge in [-0.25, -0.2) is 8.42 Å². The monoisotopic (exact) mass is 539 g/mol. The zero-order chi connectivity index (χ0) is 27.7. The third-order valence-electron chi connectivity index (χ3n) is 6.16. The van der Waals surface area contributed by atoms with Gasteiger partial charge < -0.3 is 19.7 Å². The molecule has 9 nitrogen and oxygen atoms in total. The number of likely N-dealkylation sites (N-methyl/N-ethyl adjacent to an activating group) is 1. The average molecular weight is 540 g/mol. The van der Waals surface area contributed by atoms with Crippen molar-refractivity contribution in [2.45, 2.75) is 24.3 Å². The number of nitrogens with zero attached hydrogens (tertiary/aromatic N) is 2. The van der Waals surface area contributed by atoms with Gasteiger partial charge in [0.05, 0.1) is 24.8 Å². The van der Waals surface area contributed by atoms with Gasteiger partial charge >= 0.3 is 0 Å². The molecule has 3 aromatic rings. The van der Waals surface area contributed by atoms with Crippen LogP contribution in [0.1, 0.15) is 12.5 Å². The number of rotatable bonds is 12. The zero-order valence-corrected chi connectivity index (χ0v) is 22.8. The van der Waals surface area contributed by atoms with Gasteiger partial charge in [-0.05, 0) is 43.2 Å². The van der Waals surface area contributed by atoms with Crippen molar-refractivity contribution in [2.75, 3.05) is 38.7 Å². The normalized spacial score (nSPS) is 11.8. The fourth-order valence-electron chi connectivity index (χ4n) is 4.01. The van der Waals surface area contributed by atoms with Crippen molar-refractivity contribution in [3.8, 4) is 11.5 Å². The Kier molecular flexibility index (Phi) is 9.72. The minimum Gasteiger partial charge on any atom is -0.493 e. The summed E-state index contributed by atoms with van der Waals surface area (Å²) in [4.78, 5) is 27.6. The molecule has 0 saturated heterocycles. The van der Waals surface area contributed by atoms with Crippen molar-refractivity contribution in [3.63, 3.8) is 0 Å². The number of hydrogen-bond acceptors (Lipinski definition) is 6. The first-order valence-electron chi connectivity index (χ1n) is 12.1. The summed E-state index contributed by atoms with van der Waals surface area (Å²) < 4.78 is 39.3. The van der Waals surface area contributed by atoms with E-state index in [1.807, 2.05) is 30.3 Å². The number of benzene rings is 3. The summed E-state index contributed by atoms with van der Waals surface area (Å²) in [6, 6.07) is 21.4. The third kappa shape index (κ3) is 6.63. The number of sulfonamides is 1. The number of hydrogen-bond donors (Lipinski definition) is 1. The Balaban J connectivity index is 1.99. The Bertz CT molecular complexity index is 1330. The van der Waals surface area contributed by atoms with E-state index in [4.69, 9.17) is 9.47 Å². The lowest BCUT2D eigenvalue weighted by molar-refractivity contribution is -0.138. The second-order valence-corrected chi connectivity index (χ2v) is 10.3. The maximum absolute atomic E-state index is 13.9. The summed E-state index contributed by atoms with van der Waals surface area (Å²) in [7, 11) is 0.159. The second-order valence-electron chi connectivity index (χ2n) is 8.48. The average Bonchev–Trinajstić information content (AvgIpc) is 2.95. The molecule has 3 rings (SSSR count). The fourth-order valence-corrected chi connectivity index (χ4v) is 5.44.